The Hall–Kier alpha value is -1.60. The molecule has 1 aromatic rings. The molecule has 112 valence electrons. The van der Waals surface area contributed by atoms with Gasteiger partial charge in [-0.3, -0.25) is 9.00 Å². The van der Waals surface area contributed by atoms with E-state index in [0.29, 0.717) is 12.1 Å². The normalized spacial score (nSPS) is 15.3. The molecule has 0 saturated carbocycles. The van der Waals surface area contributed by atoms with Crippen LogP contribution in [0.4, 0.5) is 0 Å². The van der Waals surface area contributed by atoms with Gasteiger partial charge in [0.2, 0.25) is 5.91 Å². The van der Waals surface area contributed by atoms with Gasteiger partial charge in [-0.05, 0) is 31.0 Å². The van der Waals surface area contributed by atoms with Gasteiger partial charge in [-0.15, -0.1) is 0 Å². The zero-order chi connectivity index (χ0) is 15.3. The summed E-state index contributed by atoms with van der Waals surface area (Å²) < 4.78 is 11.2. The van der Waals surface area contributed by atoms with Gasteiger partial charge >= 0.3 is 0 Å². The van der Waals surface area contributed by atoms with Gasteiger partial charge in [0.15, 0.2) is 11.5 Å². The second kappa shape index (κ2) is 7.25. The van der Waals surface area contributed by atoms with E-state index in [1.807, 2.05) is 0 Å². The molecule has 0 aromatic heterocycles. The van der Waals surface area contributed by atoms with Crippen LogP contribution >= 0.6 is 0 Å². The molecule has 0 fully saturated rings. The summed E-state index contributed by atoms with van der Waals surface area (Å²) in [6, 6.07) is 3.53. The number of nitrogens with two attached hydrogens (primary N) is 1. The summed E-state index contributed by atoms with van der Waals surface area (Å²) in [5, 5.41) is 21.1. The van der Waals surface area contributed by atoms with Gasteiger partial charge in [-0.1, -0.05) is 6.07 Å². The third kappa shape index (κ3) is 4.82. The average Bonchev–Trinajstić information content (AvgIpc) is 2.39. The molecule has 0 aliphatic heterocycles. The van der Waals surface area contributed by atoms with Crippen LogP contribution in [0.5, 0.6) is 11.5 Å². The van der Waals surface area contributed by atoms with Crippen LogP contribution in [-0.4, -0.2) is 44.4 Å². The maximum Gasteiger partial charge on any atom is 0.237 e. The van der Waals surface area contributed by atoms with Crippen molar-refractivity contribution in [2.24, 2.45) is 5.73 Å². The molecule has 3 atom stereocenters. The Labute approximate surface area is 120 Å². The van der Waals surface area contributed by atoms with Crippen LogP contribution in [0, 0.1) is 0 Å². The molecule has 0 saturated heterocycles. The molecule has 0 heterocycles. The summed E-state index contributed by atoms with van der Waals surface area (Å²) in [4.78, 5) is 11.8. The molecule has 2 unspecified atom stereocenters. The standard InChI is InChI=1S/C13H20N2O4S/c1-8(20(2)19)7-15-13(18)10(14)5-9-3-4-11(16)12(17)6-9/h3-4,6,8,10,16-17H,5,7,14H2,1-2H3,(H,15,18)/t8?,10-,20?/m0/s1. The lowest BCUT2D eigenvalue weighted by Gasteiger charge is -2.15. The predicted octanol–water partition coefficient (Wildman–Crippen LogP) is -0.149. The summed E-state index contributed by atoms with van der Waals surface area (Å²) in [5.74, 6) is -0.800. The Kier molecular flexibility index (Phi) is 5.97. The van der Waals surface area contributed by atoms with Crippen LogP contribution in [-0.2, 0) is 22.0 Å². The number of hydrogen-bond acceptors (Lipinski definition) is 5. The highest BCUT2D eigenvalue weighted by Gasteiger charge is 2.16. The number of phenols is 2. The first kappa shape index (κ1) is 16.5. The number of carbonyl (C=O) groups excluding carboxylic acids is 1. The largest absolute Gasteiger partial charge is 0.504 e. The zero-order valence-corrected chi connectivity index (χ0v) is 12.3. The van der Waals surface area contributed by atoms with Gasteiger partial charge in [-0.2, -0.15) is 0 Å². The Morgan fingerprint density at radius 3 is 2.60 bits per heavy atom. The Morgan fingerprint density at radius 2 is 2.05 bits per heavy atom. The summed E-state index contributed by atoms with van der Waals surface area (Å²) in [6.07, 6.45) is 1.82. The molecule has 20 heavy (non-hydrogen) atoms. The highest BCUT2D eigenvalue weighted by molar-refractivity contribution is 7.84. The summed E-state index contributed by atoms with van der Waals surface area (Å²) in [7, 11) is -1.00. The quantitative estimate of drug-likeness (QED) is 0.546. The van der Waals surface area contributed by atoms with Crippen molar-refractivity contribution in [2.75, 3.05) is 12.8 Å². The maximum atomic E-state index is 11.8. The van der Waals surface area contributed by atoms with Crippen LogP contribution < -0.4 is 11.1 Å². The first-order chi connectivity index (χ1) is 9.31. The maximum absolute atomic E-state index is 11.8. The lowest BCUT2D eigenvalue weighted by atomic mass is 10.1. The van der Waals surface area contributed by atoms with Crippen LogP contribution in [0.25, 0.3) is 0 Å². The van der Waals surface area contributed by atoms with Gasteiger partial charge in [0.05, 0.1) is 6.04 Å². The van der Waals surface area contributed by atoms with Crippen LogP contribution in [0.2, 0.25) is 0 Å². The minimum atomic E-state index is -1.00. The number of nitrogens with one attached hydrogen (secondary N) is 1. The van der Waals surface area contributed by atoms with Crippen molar-refractivity contribution >= 4 is 16.7 Å². The first-order valence-corrected chi connectivity index (χ1v) is 7.79. The fourth-order valence-electron chi connectivity index (χ4n) is 1.54. The van der Waals surface area contributed by atoms with Gasteiger partial charge in [-0.25, -0.2) is 0 Å². The highest BCUT2D eigenvalue weighted by atomic mass is 32.2. The Bertz CT molecular complexity index is 507. The fourth-order valence-corrected chi connectivity index (χ4v) is 1.85. The number of rotatable bonds is 6. The Balaban J connectivity index is 2.53. The molecule has 1 amide bonds. The Morgan fingerprint density at radius 1 is 1.40 bits per heavy atom. The molecule has 0 bridgehead atoms. The lowest BCUT2D eigenvalue weighted by Crippen LogP contribution is -2.44. The molecule has 0 spiro atoms. The van der Waals surface area contributed by atoms with Gasteiger partial charge < -0.3 is 21.3 Å². The molecule has 6 nitrogen and oxygen atoms in total. The predicted molar refractivity (Wildman–Crippen MR) is 78.0 cm³/mol. The second-order valence-corrected chi connectivity index (χ2v) is 6.49. The molecule has 0 aliphatic rings. The minimum absolute atomic E-state index is 0.135. The lowest BCUT2D eigenvalue weighted by molar-refractivity contribution is -0.122. The van der Waals surface area contributed by atoms with Crippen molar-refractivity contribution < 1.29 is 19.2 Å². The van der Waals surface area contributed by atoms with Crippen molar-refractivity contribution in [2.45, 2.75) is 24.6 Å². The summed E-state index contributed by atoms with van der Waals surface area (Å²) in [6.45, 7) is 2.08. The number of phenolic OH excluding ortho intramolecular Hbond substituents is 2. The summed E-state index contributed by atoms with van der Waals surface area (Å²) >= 11 is 0. The molecular formula is C13H20N2O4S. The van der Waals surface area contributed by atoms with Gasteiger partial charge in [0.25, 0.3) is 0 Å². The smallest absolute Gasteiger partial charge is 0.237 e. The number of amides is 1. The van der Waals surface area contributed by atoms with E-state index < -0.39 is 16.8 Å². The number of aromatic hydroxyl groups is 2. The number of benzene rings is 1. The SMILES string of the molecule is CC(CNC(=O)[C@@H](N)Cc1ccc(O)c(O)c1)S(C)=O. The molecule has 7 heteroatoms. The molecular weight excluding hydrogens is 280 g/mol. The van der Waals surface area contributed by atoms with E-state index in [1.165, 1.54) is 12.1 Å². The summed E-state index contributed by atoms with van der Waals surface area (Å²) in [5.41, 5.74) is 6.42. The molecule has 1 aromatic carbocycles. The topological polar surface area (TPSA) is 113 Å². The highest BCUT2D eigenvalue weighted by Crippen LogP contribution is 2.25. The van der Waals surface area contributed by atoms with Crippen LogP contribution in [0.3, 0.4) is 0 Å². The van der Waals surface area contributed by atoms with E-state index in [4.69, 9.17) is 5.73 Å². The number of carbonyl (C=O) groups is 1. The zero-order valence-electron chi connectivity index (χ0n) is 11.5. The van der Waals surface area contributed by atoms with Gasteiger partial charge in [0, 0.05) is 28.9 Å². The first-order valence-electron chi connectivity index (χ1n) is 6.17. The van der Waals surface area contributed by atoms with E-state index in [-0.39, 0.29) is 29.1 Å². The van der Waals surface area contributed by atoms with Gasteiger partial charge in [0.1, 0.15) is 0 Å². The number of hydrogen-bond donors (Lipinski definition) is 4. The second-order valence-electron chi connectivity index (χ2n) is 4.69. The average molecular weight is 300 g/mol. The van der Waals surface area contributed by atoms with E-state index in [9.17, 15) is 19.2 Å². The molecule has 5 N–H and O–H groups in total. The molecule has 0 aliphatic carbocycles. The third-order valence-corrected chi connectivity index (χ3v) is 4.26. The van der Waals surface area contributed by atoms with E-state index in [1.54, 1.807) is 19.2 Å². The minimum Gasteiger partial charge on any atom is -0.504 e. The van der Waals surface area contributed by atoms with E-state index >= 15 is 0 Å². The monoisotopic (exact) mass is 300 g/mol. The van der Waals surface area contributed by atoms with Crippen LogP contribution in [0.1, 0.15) is 12.5 Å². The molecule has 1 rings (SSSR count). The van der Waals surface area contributed by atoms with E-state index in [0.717, 1.165) is 0 Å². The van der Waals surface area contributed by atoms with Crippen molar-refractivity contribution in [1.82, 2.24) is 5.32 Å². The van der Waals surface area contributed by atoms with E-state index in [2.05, 4.69) is 5.32 Å². The van der Waals surface area contributed by atoms with Crippen molar-refractivity contribution in [3.05, 3.63) is 23.8 Å². The van der Waals surface area contributed by atoms with Crippen molar-refractivity contribution in [1.29, 1.82) is 0 Å². The van der Waals surface area contributed by atoms with Crippen molar-refractivity contribution in [3.63, 3.8) is 0 Å². The fraction of sp³-hybridized carbons (Fsp3) is 0.462. The van der Waals surface area contributed by atoms with Crippen LogP contribution in [0.15, 0.2) is 18.2 Å². The third-order valence-electron chi connectivity index (χ3n) is 2.96. The van der Waals surface area contributed by atoms with Crippen molar-refractivity contribution in [3.8, 4) is 11.5 Å². The molecule has 0 radical (unpaired) electrons.